The first-order valence-electron chi connectivity index (χ1n) is 11.2. The Labute approximate surface area is 200 Å². The van der Waals surface area contributed by atoms with Crippen LogP contribution in [-0.2, 0) is 4.74 Å². The lowest BCUT2D eigenvalue weighted by Crippen LogP contribution is -2.17. The van der Waals surface area contributed by atoms with Crippen LogP contribution < -0.4 is 5.73 Å². The zero-order valence-electron chi connectivity index (χ0n) is 18.7. The van der Waals surface area contributed by atoms with Crippen LogP contribution in [0.3, 0.4) is 0 Å². The molecule has 178 valence electrons. The van der Waals surface area contributed by atoms with Crippen LogP contribution in [0.2, 0.25) is 0 Å². The molecule has 0 unspecified atom stereocenters. The summed E-state index contributed by atoms with van der Waals surface area (Å²) < 4.78 is 36.8. The van der Waals surface area contributed by atoms with Crippen LogP contribution in [0, 0.1) is 17.0 Å². The van der Waals surface area contributed by atoms with Gasteiger partial charge in [-0.1, -0.05) is 6.07 Å². The predicted molar refractivity (Wildman–Crippen MR) is 131 cm³/mol. The van der Waals surface area contributed by atoms with Gasteiger partial charge in [-0.3, -0.25) is 0 Å². The number of anilines is 1. The minimum absolute atomic E-state index is 0.000547. The van der Waals surface area contributed by atoms with Crippen molar-refractivity contribution < 1.29 is 23.4 Å². The van der Waals surface area contributed by atoms with Crippen molar-refractivity contribution in [1.82, 2.24) is 4.57 Å². The van der Waals surface area contributed by atoms with Crippen LogP contribution in [0.5, 0.6) is 0 Å². The molecule has 0 atom stereocenters. The number of ether oxygens (including phenoxy) is 1. The number of nitrogens with zero attached hydrogens (tertiary/aromatic N) is 1. The first-order valence-corrected chi connectivity index (χ1v) is 11.2. The minimum atomic E-state index is -1.21. The van der Waals surface area contributed by atoms with Gasteiger partial charge in [0, 0.05) is 64.5 Å². The maximum atomic E-state index is 15.5. The van der Waals surface area contributed by atoms with E-state index in [0.29, 0.717) is 59.5 Å². The highest BCUT2D eigenvalue weighted by molar-refractivity contribution is 6.05. The number of hydrogen-bond donors (Lipinski definition) is 3. The number of hydrogen-bond acceptors (Lipinski definition) is 4. The average Bonchev–Trinajstić information content (AvgIpc) is 3.18. The van der Waals surface area contributed by atoms with Crippen molar-refractivity contribution in [2.75, 3.05) is 18.9 Å². The molecule has 1 aliphatic heterocycles. The standard InChI is InChI=1S/C27H23F2N3O3/c28-18-2-4-19(5-3-18)32-24-12-17(14-30)23(31)13-21(24)25(26(32)15-7-9-35-10-8-15)20-6-1-16(27(33)34)11-22(20)29/h1-6,11-15,30H,7-10,31H2,(H,33,34). The number of carbonyl (C=O) groups is 1. The molecule has 8 heteroatoms. The Morgan fingerprint density at radius 3 is 2.43 bits per heavy atom. The molecule has 4 N–H and O–H groups in total. The van der Waals surface area contributed by atoms with Crippen LogP contribution in [0.25, 0.3) is 27.7 Å². The van der Waals surface area contributed by atoms with Crippen LogP contribution in [0.4, 0.5) is 14.5 Å². The summed E-state index contributed by atoms with van der Waals surface area (Å²) in [5.41, 5.74) is 10.0. The summed E-state index contributed by atoms with van der Waals surface area (Å²) in [5, 5.41) is 17.8. The first-order chi connectivity index (χ1) is 16.9. The fourth-order valence-electron chi connectivity index (χ4n) is 4.87. The highest BCUT2D eigenvalue weighted by Crippen LogP contribution is 2.45. The summed E-state index contributed by atoms with van der Waals surface area (Å²) in [6.45, 7) is 1.09. The van der Waals surface area contributed by atoms with Crippen molar-refractivity contribution in [3.8, 4) is 16.8 Å². The molecule has 0 bridgehead atoms. The maximum absolute atomic E-state index is 15.5. The van der Waals surface area contributed by atoms with E-state index in [1.165, 1.54) is 24.3 Å². The van der Waals surface area contributed by atoms with E-state index in [0.717, 1.165) is 18.0 Å². The van der Waals surface area contributed by atoms with Gasteiger partial charge in [-0.05, 0) is 61.4 Å². The van der Waals surface area contributed by atoms with Gasteiger partial charge in [0.15, 0.2) is 0 Å². The zero-order valence-corrected chi connectivity index (χ0v) is 18.7. The molecule has 0 radical (unpaired) electrons. The molecule has 1 aliphatic rings. The number of nitrogens with one attached hydrogen (secondary N) is 1. The second-order valence-corrected chi connectivity index (χ2v) is 8.60. The SMILES string of the molecule is N=Cc1cc2c(cc1N)c(-c1ccc(C(=O)O)cc1F)c(C1CCOCC1)n2-c1ccc(F)cc1. The monoisotopic (exact) mass is 475 g/mol. The fraction of sp³-hybridized carbons (Fsp3) is 0.185. The van der Waals surface area contributed by atoms with Crippen molar-refractivity contribution in [2.45, 2.75) is 18.8 Å². The summed E-state index contributed by atoms with van der Waals surface area (Å²) in [6, 6.07) is 13.4. The van der Waals surface area contributed by atoms with Crippen LogP contribution in [0.1, 0.15) is 40.4 Å². The molecule has 4 aromatic rings. The summed E-state index contributed by atoms with van der Waals surface area (Å²) in [7, 11) is 0. The fourth-order valence-corrected chi connectivity index (χ4v) is 4.87. The van der Waals surface area contributed by atoms with Gasteiger partial charge in [-0.25, -0.2) is 13.6 Å². The van der Waals surface area contributed by atoms with Crippen molar-refractivity contribution in [2.24, 2.45) is 0 Å². The van der Waals surface area contributed by atoms with Crippen LogP contribution in [0.15, 0.2) is 54.6 Å². The van der Waals surface area contributed by atoms with E-state index in [-0.39, 0.29) is 22.9 Å². The number of halogens is 2. The average molecular weight is 475 g/mol. The van der Waals surface area contributed by atoms with Gasteiger partial charge in [0.1, 0.15) is 11.6 Å². The smallest absolute Gasteiger partial charge is 0.335 e. The third-order valence-corrected chi connectivity index (χ3v) is 6.54. The van der Waals surface area contributed by atoms with E-state index in [9.17, 15) is 14.3 Å². The second-order valence-electron chi connectivity index (χ2n) is 8.60. The van der Waals surface area contributed by atoms with Gasteiger partial charge in [-0.2, -0.15) is 0 Å². The van der Waals surface area contributed by atoms with E-state index in [4.69, 9.17) is 15.9 Å². The van der Waals surface area contributed by atoms with Gasteiger partial charge in [0.2, 0.25) is 0 Å². The molecule has 0 saturated carbocycles. The molecular formula is C27H23F2N3O3. The number of nitrogen functional groups attached to an aromatic ring is 1. The van der Waals surface area contributed by atoms with Crippen molar-refractivity contribution in [1.29, 1.82) is 5.41 Å². The molecule has 35 heavy (non-hydrogen) atoms. The van der Waals surface area contributed by atoms with Crippen LogP contribution >= 0.6 is 0 Å². The normalized spacial score (nSPS) is 14.3. The number of carboxylic acid groups (broad SMARTS) is 1. The Bertz CT molecular complexity index is 1460. The Morgan fingerprint density at radius 2 is 1.80 bits per heavy atom. The van der Waals surface area contributed by atoms with Gasteiger partial charge < -0.3 is 25.6 Å². The number of nitrogens with two attached hydrogens (primary N) is 1. The Morgan fingerprint density at radius 1 is 1.09 bits per heavy atom. The maximum Gasteiger partial charge on any atom is 0.335 e. The number of benzene rings is 3. The topological polar surface area (TPSA) is 101 Å². The third-order valence-electron chi connectivity index (χ3n) is 6.54. The van der Waals surface area contributed by atoms with Gasteiger partial charge in [0.25, 0.3) is 0 Å². The molecule has 1 aromatic heterocycles. The molecule has 5 rings (SSSR count). The largest absolute Gasteiger partial charge is 0.478 e. The zero-order chi connectivity index (χ0) is 24.7. The lowest BCUT2D eigenvalue weighted by Gasteiger charge is -2.26. The lowest BCUT2D eigenvalue weighted by molar-refractivity contribution is 0.0696. The molecular weight excluding hydrogens is 452 g/mol. The summed E-state index contributed by atoms with van der Waals surface area (Å²) in [6.07, 6.45) is 2.56. The van der Waals surface area contributed by atoms with Gasteiger partial charge >= 0.3 is 5.97 Å². The van der Waals surface area contributed by atoms with Gasteiger partial charge in [0.05, 0.1) is 11.1 Å². The van der Waals surface area contributed by atoms with E-state index in [1.807, 2.05) is 4.57 Å². The molecule has 0 amide bonds. The Kier molecular flexibility index (Phi) is 5.82. The van der Waals surface area contributed by atoms with E-state index in [2.05, 4.69) is 0 Å². The number of rotatable bonds is 5. The summed E-state index contributed by atoms with van der Waals surface area (Å²) >= 11 is 0. The first kappa shape index (κ1) is 22.7. The number of aromatic carboxylic acids is 1. The van der Waals surface area contributed by atoms with Gasteiger partial charge in [-0.15, -0.1) is 0 Å². The summed E-state index contributed by atoms with van der Waals surface area (Å²) in [4.78, 5) is 11.4. The molecule has 1 saturated heterocycles. The molecule has 2 heterocycles. The van der Waals surface area contributed by atoms with Crippen molar-refractivity contribution >= 4 is 28.8 Å². The third kappa shape index (κ3) is 3.95. The minimum Gasteiger partial charge on any atom is -0.478 e. The quantitative estimate of drug-likeness (QED) is 0.253. The Balaban J connectivity index is 1.91. The van der Waals surface area contributed by atoms with Crippen LogP contribution in [-0.4, -0.2) is 35.1 Å². The second kappa shape index (κ2) is 8.96. The predicted octanol–water partition coefficient (Wildman–Crippen LogP) is 5.75. The summed E-state index contributed by atoms with van der Waals surface area (Å²) in [5.74, 6) is -2.25. The Hall–Kier alpha value is -4.04. The number of fused-ring (bicyclic) bond motifs is 1. The molecule has 1 fully saturated rings. The van der Waals surface area contributed by atoms with Crippen molar-refractivity contribution in [3.63, 3.8) is 0 Å². The molecule has 6 nitrogen and oxygen atoms in total. The number of carboxylic acids is 1. The highest BCUT2D eigenvalue weighted by Gasteiger charge is 2.29. The van der Waals surface area contributed by atoms with E-state index < -0.39 is 11.8 Å². The molecule has 3 aromatic carbocycles. The molecule has 0 spiro atoms. The van der Waals surface area contributed by atoms with Crippen molar-refractivity contribution in [3.05, 3.63) is 83.1 Å². The molecule has 0 aliphatic carbocycles. The van der Waals surface area contributed by atoms with E-state index in [1.54, 1.807) is 24.3 Å². The number of aromatic nitrogens is 1. The highest BCUT2D eigenvalue weighted by atomic mass is 19.1. The van der Waals surface area contributed by atoms with E-state index >= 15 is 4.39 Å². The lowest BCUT2D eigenvalue weighted by atomic mass is 9.89.